The Hall–Kier alpha value is -1.89. The standard InChI is InChI=1S/C18H21N5OS/c24-17(11-25-18-19-20-21-23(18)14-8-9-14)22(13-6-7-13)16-10-5-12-3-1-2-4-15(12)16/h1-4,13-14,16H,5-11H2. The van der Waals surface area contributed by atoms with Crippen LogP contribution in [0.25, 0.3) is 0 Å². The lowest BCUT2D eigenvalue weighted by Crippen LogP contribution is -2.37. The molecule has 0 spiro atoms. The minimum Gasteiger partial charge on any atom is -0.332 e. The van der Waals surface area contributed by atoms with Crippen LogP contribution in [0.4, 0.5) is 0 Å². The Morgan fingerprint density at radius 1 is 1.20 bits per heavy atom. The van der Waals surface area contributed by atoms with Crippen molar-refractivity contribution in [3.63, 3.8) is 0 Å². The van der Waals surface area contributed by atoms with Gasteiger partial charge in [0.05, 0.1) is 17.8 Å². The Kier molecular flexibility index (Phi) is 3.77. The lowest BCUT2D eigenvalue weighted by molar-refractivity contribution is -0.131. The molecule has 0 N–H and O–H groups in total. The van der Waals surface area contributed by atoms with E-state index in [1.54, 1.807) is 0 Å². The van der Waals surface area contributed by atoms with Crippen LogP contribution in [0.2, 0.25) is 0 Å². The van der Waals surface area contributed by atoms with Crippen LogP contribution in [0.1, 0.15) is 55.3 Å². The Morgan fingerprint density at radius 3 is 2.84 bits per heavy atom. The summed E-state index contributed by atoms with van der Waals surface area (Å²) < 4.78 is 1.88. The molecule has 2 aromatic rings. The third-order valence-corrected chi connectivity index (χ3v) is 6.26. The normalized spacial score (nSPS) is 22.0. The molecule has 0 aliphatic heterocycles. The zero-order chi connectivity index (χ0) is 16.8. The first-order chi connectivity index (χ1) is 12.3. The predicted molar refractivity (Wildman–Crippen MR) is 94.2 cm³/mol. The summed E-state index contributed by atoms with van der Waals surface area (Å²) in [5.74, 6) is 0.641. The highest BCUT2D eigenvalue weighted by Gasteiger charge is 2.40. The van der Waals surface area contributed by atoms with Crippen LogP contribution >= 0.6 is 11.8 Å². The fourth-order valence-electron chi connectivity index (χ4n) is 3.84. The van der Waals surface area contributed by atoms with Crippen molar-refractivity contribution < 1.29 is 4.79 Å². The highest BCUT2D eigenvalue weighted by molar-refractivity contribution is 7.99. The lowest BCUT2D eigenvalue weighted by atomic mass is 10.1. The SMILES string of the molecule is O=C(CSc1nnnn1C1CC1)N(C1CC1)C1CCc2ccccc21. The van der Waals surface area contributed by atoms with Gasteiger partial charge in [0.15, 0.2) is 0 Å². The summed E-state index contributed by atoms with van der Waals surface area (Å²) in [7, 11) is 0. The van der Waals surface area contributed by atoms with Crippen molar-refractivity contribution >= 4 is 17.7 Å². The number of hydrogen-bond acceptors (Lipinski definition) is 5. The molecule has 1 amide bonds. The second kappa shape index (κ2) is 6.12. The molecule has 0 radical (unpaired) electrons. The number of fused-ring (bicyclic) bond motifs is 1. The third-order valence-electron chi connectivity index (χ3n) is 5.35. The molecule has 1 aromatic carbocycles. The van der Waals surface area contributed by atoms with Crippen LogP contribution in [0, 0.1) is 0 Å². The minimum atomic E-state index is 0.222. The molecule has 1 heterocycles. The van der Waals surface area contributed by atoms with Gasteiger partial charge in [0.1, 0.15) is 0 Å². The predicted octanol–water partition coefficient (Wildman–Crippen LogP) is 2.78. The molecule has 5 rings (SSSR count). The van der Waals surface area contributed by atoms with E-state index in [-0.39, 0.29) is 11.9 Å². The van der Waals surface area contributed by atoms with Crippen LogP contribution in [-0.2, 0) is 11.2 Å². The fraction of sp³-hybridized carbons (Fsp3) is 0.556. The highest BCUT2D eigenvalue weighted by Crippen LogP contribution is 2.42. The van der Waals surface area contributed by atoms with Crippen LogP contribution < -0.4 is 0 Å². The number of nitrogens with zero attached hydrogens (tertiary/aromatic N) is 5. The van der Waals surface area contributed by atoms with Crippen LogP contribution in [0.3, 0.4) is 0 Å². The maximum atomic E-state index is 13.0. The molecular formula is C18H21N5OS. The first-order valence-corrected chi connectivity index (χ1v) is 10.1. The van der Waals surface area contributed by atoms with E-state index in [9.17, 15) is 4.79 Å². The second-order valence-electron chi connectivity index (χ2n) is 7.21. The highest BCUT2D eigenvalue weighted by atomic mass is 32.2. The van der Waals surface area contributed by atoms with Gasteiger partial charge < -0.3 is 4.90 Å². The van der Waals surface area contributed by atoms with Crippen LogP contribution in [0.5, 0.6) is 0 Å². The molecule has 2 saturated carbocycles. The Labute approximate surface area is 151 Å². The topological polar surface area (TPSA) is 63.9 Å². The number of amides is 1. The van der Waals surface area contributed by atoms with Crippen molar-refractivity contribution in [2.75, 3.05) is 5.75 Å². The van der Waals surface area contributed by atoms with Gasteiger partial charge in [-0.15, -0.1) is 5.10 Å². The molecule has 6 nitrogen and oxygen atoms in total. The maximum absolute atomic E-state index is 13.0. The van der Waals surface area contributed by atoms with Gasteiger partial charge in [0, 0.05) is 6.04 Å². The number of rotatable bonds is 6. The first-order valence-electron chi connectivity index (χ1n) is 9.11. The third kappa shape index (κ3) is 2.94. The van der Waals surface area contributed by atoms with Gasteiger partial charge in [-0.3, -0.25) is 4.79 Å². The summed E-state index contributed by atoms with van der Waals surface area (Å²) in [6, 6.07) is 9.68. The van der Waals surface area contributed by atoms with Gasteiger partial charge in [-0.25, -0.2) is 4.68 Å². The molecule has 0 bridgehead atoms. The van der Waals surface area contributed by atoms with Crippen molar-refractivity contribution in [3.8, 4) is 0 Å². The molecule has 1 aromatic heterocycles. The average molecular weight is 355 g/mol. The molecule has 3 aliphatic carbocycles. The van der Waals surface area contributed by atoms with Gasteiger partial charge >= 0.3 is 0 Å². The summed E-state index contributed by atoms with van der Waals surface area (Å²) in [6.07, 6.45) is 6.67. The van der Waals surface area contributed by atoms with Gasteiger partial charge in [-0.1, -0.05) is 36.0 Å². The Morgan fingerprint density at radius 2 is 2.04 bits per heavy atom. The number of aryl methyl sites for hydroxylation is 1. The van der Waals surface area contributed by atoms with Crippen LogP contribution in [0.15, 0.2) is 29.4 Å². The maximum Gasteiger partial charge on any atom is 0.233 e. The summed E-state index contributed by atoms with van der Waals surface area (Å²) in [4.78, 5) is 15.2. The van der Waals surface area contributed by atoms with Crippen molar-refractivity contribution in [1.82, 2.24) is 25.1 Å². The van der Waals surface area contributed by atoms with E-state index in [1.807, 2.05) is 4.68 Å². The van der Waals surface area contributed by atoms with E-state index in [1.165, 1.54) is 22.9 Å². The van der Waals surface area contributed by atoms with E-state index >= 15 is 0 Å². The van der Waals surface area contributed by atoms with Gasteiger partial charge in [0.2, 0.25) is 11.1 Å². The molecule has 25 heavy (non-hydrogen) atoms. The Balaban J connectivity index is 1.31. The number of carbonyl (C=O) groups is 1. The van der Waals surface area contributed by atoms with Gasteiger partial charge in [0.25, 0.3) is 0 Å². The first kappa shape index (κ1) is 15.4. The number of carbonyl (C=O) groups excluding carboxylic acids is 1. The van der Waals surface area contributed by atoms with Crippen molar-refractivity contribution in [1.29, 1.82) is 0 Å². The number of thioether (sulfide) groups is 1. The van der Waals surface area contributed by atoms with E-state index in [0.29, 0.717) is 17.8 Å². The summed E-state index contributed by atoms with van der Waals surface area (Å²) >= 11 is 1.48. The molecule has 130 valence electrons. The number of benzene rings is 1. The van der Waals surface area contributed by atoms with Crippen LogP contribution in [-0.4, -0.2) is 42.8 Å². The molecular weight excluding hydrogens is 334 g/mol. The van der Waals surface area contributed by atoms with E-state index in [0.717, 1.165) is 43.7 Å². The molecule has 1 unspecified atom stereocenters. The average Bonchev–Trinajstić information content (AvgIpc) is 3.56. The molecule has 7 heteroatoms. The number of tetrazole rings is 1. The largest absolute Gasteiger partial charge is 0.332 e. The fourth-order valence-corrected chi connectivity index (χ4v) is 4.65. The van der Waals surface area contributed by atoms with Gasteiger partial charge in [-0.05, 0) is 60.1 Å². The number of aromatic nitrogens is 4. The van der Waals surface area contributed by atoms with E-state index in [2.05, 4.69) is 44.7 Å². The zero-order valence-corrected chi connectivity index (χ0v) is 14.9. The zero-order valence-electron chi connectivity index (χ0n) is 14.0. The lowest BCUT2D eigenvalue weighted by Gasteiger charge is -2.30. The second-order valence-corrected chi connectivity index (χ2v) is 8.15. The summed E-state index contributed by atoms with van der Waals surface area (Å²) in [5.41, 5.74) is 2.74. The summed E-state index contributed by atoms with van der Waals surface area (Å²) in [6.45, 7) is 0. The minimum absolute atomic E-state index is 0.222. The quantitative estimate of drug-likeness (QED) is 0.746. The summed E-state index contributed by atoms with van der Waals surface area (Å²) in [5, 5.41) is 12.7. The molecule has 0 saturated heterocycles. The van der Waals surface area contributed by atoms with Crippen molar-refractivity contribution in [2.45, 2.75) is 61.8 Å². The van der Waals surface area contributed by atoms with Crippen molar-refractivity contribution in [2.24, 2.45) is 0 Å². The van der Waals surface area contributed by atoms with Crippen molar-refractivity contribution in [3.05, 3.63) is 35.4 Å². The Bertz CT molecular complexity index is 798. The smallest absolute Gasteiger partial charge is 0.233 e. The molecule has 1 atom stereocenters. The molecule has 2 fully saturated rings. The van der Waals surface area contributed by atoms with E-state index in [4.69, 9.17) is 0 Å². The van der Waals surface area contributed by atoms with E-state index < -0.39 is 0 Å². The monoisotopic (exact) mass is 355 g/mol. The molecule has 3 aliphatic rings. The number of hydrogen-bond donors (Lipinski definition) is 0. The van der Waals surface area contributed by atoms with Gasteiger partial charge in [-0.2, -0.15) is 0 Å².